The number of ether oxygens (including phenoxy) is 2. The van der Waals surface area contributed by atoms with Crippen molar-refractivity contribution < 1.29 is 19.7 Å². The van der Waals surface area contributed by atoms with Gasteiger partial charge in [0.2, 0.25) is 0 Å². The van der Waals surface area contributed by atoms with Crippen LogP contribution in [0.25, 0.3) is 0 Å². The van der Waals surface area contributed by atoms with E-state index in [1.165, 1.54) is 0 Å². The number of fused-ring (bicyclic) bond motifs is 1. The zero-order valence-electron chi connectivity index (χ0n) is 8.93. The van der Waals surface area contributed by atoms with Gasteiger partial charge in [0.1, 0.15) is 5.60 Å². The van der Waals surface area contributed by atoms with E-state index in [1.54, 1.807) is 0 Å². The summed E-state index contributed by atoms with van der Waals surface area (Å²) >= 11 is 0. The topological polar surface area (TPSA) is 58.9 Å². The Kier molecular flexibility index (Phi) is 2.12. The number of hydrogen-bond donors (Lipinski definition) is 2. The van der Waals surface area contributed by atoms with Crippen LogP contribution >= 0.6 is 0 Å². The highest BCUT2D eigenvalue weighted by molar-refractivity contribution is 5.11. The van der Waals surface area contributed by atoms with Gasteiger partial charge < -0.3 is 19.7 Å². The second-order valence-corrected chi connectivity index (χ2v) is 5.00. The normalized spacial score (nSPS) is 58.2. The summed E-state index contributed by atoms with van der Waals surface area (Å²) in [7, 11) is 0. The largest absolute Gasteiger partial charge is 0.390 e. The Bertz CT molecular complexity index is 269. The molecule has 4 fully saturated rings. The van der Waals surface area contributed by atoms with Crippen LogP contribution in [0, 0.1) is 5.92 Å². The minimum Gasteiger partial charge on any atom is -0.390 e. The molecular weight excluding hydrogens is 196 g/mol. The maximum Gasteiger partial charge on any atom is 0.161 e. The van der Waals surface area contributed by atoms with Gasteiger partial charge >= 0.3 is 0 Å². The Labute approximate surface area is 89.2 Å². The van der Waals surface area contributed by atoms with E-state index in [1.807, 2.05) is 0 Å². The van der Waals surface area contributed by atoms with Crippen molar-refractivity contribution in [3.8, 4) is 0 Å². The molecule has 4 bridgehead atoms. The summed E-state index contributed by atoms with van der Waals surface area (Å²) in [6.45, 7) is 2.10. The molecule has 3 unspecified atom stereocenters. The molecular formula is C11H18O4. The summed E-state index contributed by atoms with van der Waals surface area (Å²) in [6, 6.07) is 0. The predicted molar refractivity (Wildman–Crippen MR) is 52.1 cm³/mol. The highest BCUT2D eigenvalue weighted by Crippen LogP contribution is 2.49. The third kappa shape index (κ3) is 1.16. The average molecular weight is 214 g/mol. The molecule has 0 aromatic rings. The quantitative estimate of drug-likeness (QED) is 0.664. The predicted octanol–water partition coefficient (Wildman–Crippen LogP) is 0.412. The third-order valence-corrected chi connectivity index (χ3v) is 4.29. The van der Waals surface area contributed by atoms with E-state index in [4.69, 9.17) is 9.47 Å². The molecule has 4 aliphatic rings. The first-order valence-corrected chi connectivity index (χ1v) is 5.87. The number of rotatable bonds is 1. The van der Waals surface area contributed by atoms with Gasteiger partial charge in [-0.25, -0.2) is 0 Å². The lowest BCUT2D eigenvalue weighted by Gasteiger charge is -2.60. The van der Waals surface area contributed by atoms with Crippen LogP contribution in [0.2, 0.25) is 0 Å². The molecule has 4 rings (SSSR count). The first-order valence-electron chi connectivity index (χ1n) is 5.87. The van der Waals surface area contributed by atoms with Crippen molar-refractivity contribution >= 4 is 0 Å². The lowest BCUT2D eigenvalue weighted by atomic mass is 9.66. The van der Waals surface area contributed by atoms with Gasteiger partial charge in [-0.15, -0.1) is 0 Å². The summed E-state index contributed by atoms with van der Waals surface area (Å²) in [5.41, 5.74) is -1.16. The van der Waals surface area contributed by atoms with Crippen LogP contribution in [0.3, 0.4) is 0 Å². The highest BCUT2D eigenvalue weighted by atomic mass is 16.7. The van der Waals surface area contributed by atoms with E-state index in [2.05, 4.69) is 6.92 Å². The van der Waals surface area contributed by atoms with Gasteiger partial charge in [0, 0.05) is 6.42 Å². The molecule has 0 aromatic carbocycles. The van der Waals surface area contributed by atoms with Crippen molar-refractivity contribution in [2.45, 2.75) is 62.8 Å². The molecule has 1 aliphatic carbocycles. The Hall–Kier alpha value is -0.160. The van der Waals surface area contributed by atoms with Crippen LogP contribution < -0.4 is 0 Å². The van der Waals surface area contributed by atoms with Crippen LogP contribution in [0.15, 0.2) is 0 Å². The SMILES string of the molecule is CC[C@@H]1CCC2O[C@@H]3C[C@H](O)C2(O)C1O3. The first kappa shape index (κ1) is 10.0. The Morgan fingerprint density at radius 1 is 1.33 bits per heavy atom. The van der Waals surface area contributed by atoms with Crippen LogP contribution in [-0.2, 0) is 9.47 Å². The van der Waals surface area contributed by atoms with Gasteiger partial charge in [0.05, 0.1) is 18.3 Å². The van der Waals surface area contributed by atoms with Crippen molar-refractivity contribution in [2.24, 2.45) is 5.92 Å². The Morgan fingerprint density at radius 3 is 2.87 bits per heavy atom. The molecule has 0 amide bonds. The Balaban J connectivity index is 1.96. The molecule has 6 atom stereocenters. The standard InChI is InChI=1S/C11H18O4/c1-2-6-3-4-8-11(13)7(12)5-9(14-8)15-10(6)11/h6-10,12-13H,2-5H2,1H3/t6-,7+,8?,9+,10?,11?/m1/s1. The number of aliphatic hydroxyl groups excluding tert-OH is 1. The molecule has 1 saturated carbocycles. The molecule has 4 nitrogen and oxygen atoms in total. The summed E-state index contributed by atoms with van der Waals surface area (Å²) in [6.07, 6.45) is 1.79. The fourth-order valence-electron chi connectivity index (χ4n) is 3.39. The zero-order chi connectivity index (χ0) is 10.6. The smallest absolute Gasteiger partial charge is 0.161 e. The van der Waals surface area contributed by atoms with Gasteiger partial charge in [-0.2, -0.15) is 0 Å². The lowest BCUT2D eigenvalue weighted by Crippen LogP contribution is -2.74. The van der Waals surface area contributed by atoms with E-state index in [9.17, 15) is 10.2 Å². The van der Waals surface area contributed by atoms with Crippen molar-refractivity contribution in [3.05, 3.63) is 0 Å². The van der Waals surface area contributed by atoms with Gasteiger partial charge in [-0.1, -0.05) is 13.3 Å². The summed E-state index contributed by atoms with van der Waals surface area (Å²) in [5, 5.41) is 20.5. The van der Waals surface area contributed by atoms with Crippen LogP contribution in [0.4, 0.5) is 0 Å². The number of hydrogen-bond acceptors (Lipinski definition) is 4. The van der Waals surface area contributed by atoms with Crippen molar-refractivity contribution in [3.63, 3.8) is 0 Å². The fourth-order valence-corrected chi connectivity index (χ4v) is 3.39. The average Bonchev–Trinajstić information content (AvgIpc) is 2.19. The highest BCUT2D eigenvalue weighted by Gasteiger charge is 2.63. The van der Waals surface area contributed by atoms with Crippen LogP contribution in [-0.4, -0.2) is 40.4 Å². The molecule has 86 valence electrons. The maximum absolute atomic E-state index is 10.6. The summed E-state index contributed by atoms with van der Waals surface area (Å²) in [5.74, 6) is 0.354. The Morgan fingerprint density at radius 2 is 2.13 bits per heavy atom. The van der Waals surface area contributed by atoms with Crippen molar-refractivity contribution in [2.75, 3.05) is 0 Å². The second kappa shape index (κ2) is 3.17. The maximum atomic E-state index is 10.6. The van der Waals surface area contributed by atoms with E-state index in [-0.39, 0.29) is 18.5 Å². The fraction of sp³-hybridized carbons (Fsp3) is 1.00. The van der Waals surface area contributed by atoms with E-state index in [0.717, 1.165) is 19.3 Å². The molecule has 2 N–H and O–H groups in total. The van der Waals surface area contributed by atoms with Crippen LogP contribution in [0.1, 0.15) is 32.6 Å². The van der Waals surface area contributed by atoms with Crippen molar-refractivity contribution in [1.82, 2.24) is 0 Å². The molecule has 0 spiro atoms. The van der Waals surface area contributed by atoms with E-state index < -0.39 is 11.7 Å². The molecule has 4 heteroatoms. The molecule has 0 aromatic heterocycles. The molecule has 0 radical (unpaired) electrons. The zero-order valence-corrected chi connectivity index (χ0v) is 8.93. The summed E-state index contributed by atoms with van der Waals surface area (Å²) in [4.78, 5) is 0. The van der Waals surface area contributed by atoms with Crippen LogP contribution in [0.5, 0.6) is 0 Å². The lowest BCUT2D eigenvalue weighted by molar-refractivity contribution is -0.404. The van der Waals surface area contributed by atoms with E-state index in [0.29, 0.717) is 12.3 Å². The molecule has 3 aliphatic heterocycles. The minimum atomic E-state index is -1.16. The molecule has 3 heterocycles. The van der Waals surface area contributed by atoms with Gasteiger partial charge in [0.15, 0.2) is 6.29 Å². The third-order valence-electron chi connectivity index (χ3n) is 4.29. The van der Waals surface area contributed by atoms with Gasteiger partial charge in [-0.3, -0.25) is 0 Å². The summed E-state index contributed by atoms with van der Waals surface area (Å²) < 4.78 is 11.3. The van der Waals surface area contributed by atoms with E-state index >= 15 is 0 Å². The van der Waals surface area contributed by atoms with Crippen molar-refractivity contribution in [1.29, 1.82) is 0 Å². The molecule has 15 heavy (non-hydrogen) atoms. The monoisotopic (exact) mass is 214 g/mol. The van der Waals surface area contributed by atoms with Gasteiger partial charge in [0.25, 0.3) is 0 Å². The number of aliphatic hydroxyl groups is 2. The minimum absolute atomic E-state index is 0.229. The van der Waals surface area contributed by atoms with Gasteiger partial charge in [-0.05, 0) is 18.8 Å². The first-order chi connectivity index (χ1) is 7.16. The molecule has 3 saturated heterocycles. The second-order valence-electron chi connectivity index (χ2n) is 5.00.